The van der Waals surface area contributed by atoms with Gasteiger partial charge in [0.15, 0.2) is 16.6 Å². The summed E-state index contributed by atoms with van der Waals surface area (Å²) in [6, 6.07) is 9.43. The highest BCUT2D eigenvalue weighted by Crippen LogP contribution is 2.34. The molecule has 3 N–H and O–H groups in total. The number of hydrogen-bond acceptors (Lipinski definition) is 6. The van der Waals surface area contributed by atoms with Crippen LogP contribution in [0.4, 0.5) is 11.5 Å². The van der Waals surface area contributed by atoms with Crippen molar-refractivity contribution in [1.29, 1.82) is 0 Å². The van der Waals surface area contributed by atoms with Gasteiger partial charge >= 0.3 is 0 Å². The molecule has 1 aliphatic rings. The van der Waals surface area contributed by atoms with Crippen LogP contribution < -0.4 is 25.4 Å². The second-order valence-electron chi connectivity index (χ2n) is 8.10. The third kappa shape index (κ3) is 5.82. The Kier molecular flexibility index (Phi) is 7.80. The van der Waals surface area contributed by atoms with Crippen LogP contribution in [0.3, 0.4) is 0 Å². The van der Waals surface area contributed by atoms with Gasteiger partial charge in [-0.15, -0.1) is 0 Å². The molecule has 2 aromatic carbocycles. The molecule has 174 valence electrons. The Bertz CT molecular complexity index is 1120. The summed E-state index contributed by atoms with van der Waals surface area (Å²) < 4.78 is 11.6. The molecule has 2 heterocycles. The Labute approximate surface area is 204 Å². The first-order valence-electron chi connectivity index (χ1n) is 11.0. The van der Waals surface area contributed by atoms with Crippen molar-refractivity contribution < 1.29 is 9.47 Å². The molecule has 4 rings (SSSR count). The van der Waals surface area contributed by atoms with Crippen molar-refractivity contribution in [1.82, 2.24) is 15.3 Å². The van der Waals surface area contributed by atoms with Crippen LogP contribution in [0.15, 0.2) is 36.7 Å². The standard InChI is InChI=1S/C24H28ClN5O2S/c1-15-5-3-7-18(25)22(15)29-24(33)30-23-17-11-20(31-2)21(12-19(17)27-14-28-23)32-10-4-6-16-8-9-26-13-16/h3,5,7,11-12,14,16,26H,4,6,8-10,13H2,1-2H3,(H2,27,28,29,30,33). The number of halogens is 1. The summed E-state index contributed by atoms with van der Waals surface area (Å²) in [6.45, 7) is 4.84. The van der Waals surface area contributed by atoms with E-state index < -0.39 is 0 Å². The number of anilines is 2. The van der Waals surface area contributed by atoms with Gasteiger partial charge in [-0.3, -0.25) is 0 Å². The van der Waals surface area contributed by atoms with Gasteiger partial charge in [-0.05, 0) is 75.1 Å². The van der Waals surface area contributed by atoms with E-state index in [9.17, 15) is 0 Å². The molecule has 1 saturated heterocycles. The molecule has 0 saturated carbocycles. The molecule has 0 radical (unpaired) electrons. The van der Waals surface area contributed by atoms with E-state index in [0.717, 1.165) is 54.0 Å². The largest absolute Gasteiger partial charge is 0.493 e. The van der Waals surface area contributed by atoms with Gasteiger partial charge in [-0.1, -0.05) is 23.7 Å². The van der Waals surface area contributed by atoms with Gasteiger partial charge in [0.05, 0.1) is 29.9 Å². The topological polar surface area (TPSA) is 80.3 Å². The first-order chi connectivity index (χ1) is 16.0. The summed E-state index contributed by atoms with van der Waals surface area (Å²) in [5.74, 6) is 2.62. The third-order valence-corrected chi connectivity index (χ3v) is 6.31. The van der Waals surface area contributed by atoms with E-state index in [4.69, 9.17) is 33.3 Å². The number of methoxy groups -OCH3 is 1. The molecule has 9 heteroatoms. The predicted octanol–water partition coefficient (Wildman–Crippen LogP) is 5.18. The summed E-state index contributed by atoms with van der Waals surface area (Å²) >= 11 is 11.8. The summed E-state index contributed by atoms with van der Waals surface area (Å²) in [5, 5.41) is 11.5. The Morgan fingerprint density at radius 1 is 1.24 bits per heavy atom. The number of thiocarbonyl (C=S) groups is 1. The fourth-order valence-electron chi connectivity index (χ4n) is 3.99. The molecular weight excluding hydrogens is 458 g/mol. The first-order valence-corrected chi connectivity index (χ1v) is 11.8. The third-order valence-electron chi connectivity index (χ3n) is 5.79. The van der Waals surface area contributed by atoms with Crippen LogP contribution in [0.5, 0.6) is 11.5 Å². The molecule has 1 aliphatic heterocycles. The summed E-state index contributed by atoms with van der Waals surface area (Å²) in [6.07, 6.45) is 4.91. The van der Waals surface area contributed by atoms with Gasteiger partial charge in [0, 0.05) is 11.5 Å². The van der Waals surface area contributed by atoms with Crippen molar-refractivity contribution in [3.05, 3.63) is 47.2 Å². The van der Waals surface area contributed by atoms with Crippen LogP contribution in [0.25, 0.3) is 10.9 Å². The van der Waals surface area contributed by atoms with Crippen LogP contribution >= 0.6 is 23.8 Å². The number of nitrogens with one attached hydrogen (secondary N) is 3. The van der Waals surface area contributed by atoms with E-state index in [1.807, 2.05) is 37.3 Å². The van der Waals surface area contributed by atoms with Crippen LogP contribution in [-0.4, -0.2) is 41.9 Å². The maximum atomic E-state index is 6.31. The number of aryl methyl sites for hydroxylation is 1. The van der Waals surface area contributed by atoms with Gasteiger partial charge in [0.2, 0.25) is 0 Å². The zero-order valence-electron chi connectivity index (χ0n) is 18.8. The molecular formula is C24H28ClN5O2S. The van der Waals surface area contributed by atoms with Crippen molar-refractivity contribution in [3.63, 3.8) is 0 Å². The highest BCUT2D eigenvalue weighted by Gasteiger charge is 2.15. The minimum Gasteiger partial charge on any atom is -0.493 e. The highest BCUT2D eigenvalue weighted by molar-refractivity contribution is 7.80. The highest BCUT2D eigenvalue weighted by atomic mass is 35.5. The lowest BCUT2D eigenvalue weighted by Gasteiger charge is -2.16. The minimum atomic E-state index is 0.381. The monoisotopic (exact) mass is 485 g/mol. The van der Waals surface area contributed by atoms with Gasteiger partial charge in [0.1, 0.15) is 12.1 Å². The van der Waals surface area contributed by atoms with E-state index in [0.29, 0.717) is 34.1 Å². The van der Waals surface area contributed by atoms with Crippen molar-refractivity contribution in [2.24, 2.45) is 5.92 Å². The van der Waals surface area contributed by atoms with Gasteiger partial charge < -0.3 is 25.4 Å². The van der Waals surface area contributed by atoms with Gasteiger partial charge in [-0.25, -0.2) is 9.97 Å². The van der Waals surface area contributed by atoms with Crippen LogP contribution in [-0.2, 0) is 0 Å². The second kappa shape index (κ2) is 11.0. The van der Waals surface area contributed by atoms with E-state index in [-0.39, 0.29) is 0 Å². The zero-order valence-corrected chi connectivity index (χ0v) is 20.4. The molecule has 1 atom stereocenters. The maximum Gasteiger partial charge on any atom is 0.176 e. The number of aromatic nitrogens is 2. The van der Waals surface area contributed by atoms with E-state index in [1.165, 1.54) is 12.7 Å². The fraction of sp³-hybridized carbons (Fsp3) is 0.375. The second-order valence-corrected chi connectivity index (χ2v) is 8.92. The molecule has 0 bridgehead atoms. The molecule has 1 fully saturated rings. The number of fused-ring (bicyclic) bond motifs is 1. The average molecular weight is 486 g/mol. The van der Waals surface area contributed by atoms with Crippen LogP contribution in [0.2, 0.25) is 5.02 Å². The Morgan fingerprint density at radius 2 is 2.12 bits per heavy atom. The number of benzene rings is 2. The number of rotatable bonds is 8. The van der Waals surface area contributed by atoms with E-state index >= 15 is 0 Å². The smallest absolute Gasteiger partial charge is 0.176 e. The van der Waals surface area contributed by atoms with E-state index in [1.54, 1.807) is 7.11 Å². The lowest BCUT2D eigenvalue weighted by Crippen LogP contribution is -2.20. The predicted molar refractivity (Wildman–Crippen MR) is 138 cm³/mol. The number of para-hydroxylation sites is 1. The quantitative estimate of drug-likeness (QED) is 0.297. The number of ether oxygens (including phenoxy) is 2. The molecule has 0 amide bonds. The summed E-state index contributed by atoms with van der Waals surface area (Å²) in [5.41, 5.74) is 2.49. The normalized spacial score (nSPS) is 15.4. The first kappa shape index (κ1) is 23.5. The van der Waals surface area contributed by atoms with Gasteiger partial charge in [-0.2, -0.15) is 0 Å². The molecule has 33 heavy (non-hydrogen) atoms. The lowest BCUT2D eigenvalue weighted by atomic mass is 10.0. The fourth-order valence-corrected chi connectivity index (χ4v) is 4.46. The number of nitrogens with zero attached hydrogens (tertiary/aromatic N) is 2. The molecule has 0 aliphatic carbocycles. The minimum absolute atomic E-state index is 0.381. The lowest BCUT2D eigenvalue weighted by molar-refractivity contribution is 0.278. The summed E-state index contributed by atoms with van der Waals surface area (Å²) in [4.78, 5) is 8.78. The summed E-state index contributed by atoms with van der Waals surface area (Å²) in [7, 11) is 1.63. The Hall–Kier alpha value is -2.68. The van der Waals surface area contributed by atoms with Crippen LogP contribution in [0, 0.1) is 12.8 Å². The SMILES string of the molecule is COc1cc2c(NC(=S)Nc3c(C)cccc3Cl)ncnc2cc1OCCCC1CCNC1. The Balaban J connectivity index is 1.47. The molecule has 1 aromatic heterocycles. The molecule has 0 spiro atoms. The molecule has 7 nitrogen and oxygen atoms in total. The van der Waals surface area contributed by atoms with Gasteiger partial charge in [0.25, 0.3) is 0 Å². The van der Waals surface area contributed by atoms with Crippen molar-refractivity contribution >= 4 is 51.3 Å². The number of hydrogen-bond donors (Lipinski definition) is 3. The van der Waals surface area contributed by atoms with E-state index in [2.05, 4.69) is 25.9 Å². The molecule has 3 aromatic rings. The van der Waals surface area contributed by atoms with Crippen LogP contribution in [0.1, 0.15) is 24.8 Å². The maximum absolute atomic E-state index is 6.31. The molecule has 1 unspecified atom stereocenters. The average Bonchev–Trinajstić information content (AvgIpc) is 3.32. The van der Waals surface area contributed by atoms with Crippen molar-refractivity contribution in [2.75, 3.05) is 37.4 Å². The Morgan fingerprint density at radius 3 is 2.88 bits per heavy atom. The van der Waals surface area contributed by atoms with Crippen molar-refractivity contribution in [2.45, 2.75) is 26.2 Å². The zero-order chi connectivity index (χ0) is 23.2. The van der Waals surface area contributed by atoms with Crippen molar-refractivity contribution in [3.8, 4) is 11.5 Å².